The van der Waals surface area contributed by atoms with Crippen molar-refractivity contribution in [3.63, 3.8) is 0 Å². The molecule has 0 atom stereocenters. The van der Waals surface area contributed by atoms with E-state index in [9.17, 15) is 14.0 Å². The molecule has 0 unspecified atom stereocenters. The van der Waals surface area contributed by atoms with E-state index in [1.54, 1.807) is 23.9 Å². The van der Waals surface area contributed by atoms with Gasteiger partial charge >= 0.3 is 5.69 Å². The van der Waals surface area contributed by atoms with Crippen molar-refractivity contribution in [3.05, 3.63) is 92.5 Å². The third-order valence-corrected chi connectivity index (χ3v) is 5.37. The standard InChI is InChI=1S/C21H18FN5O2S/c1-30-15-8-6-13(7-9-15)10-23-20-24-11-16-18(25-20)26-21(29)27(19(16)28)12-14-4-2-3-5-17(14)22/h2-9,11H,10,12H2,1H3,(H2,23,24,25,26,29). The molecule has 0 aliphatic carbocycles. The molecule has 0 aliphatic heterocycles. The van der Waals surface area contributed by atoms with Crippen molar-refractivity contribution in [2.45, 2.75) is 18.0 Å². The molecule has 2 aromatic heterocycles. The molecule has 0 aliphatic rings. The number of thioether (sulfide) groups is 1. The van der Waals surface area contributed by atoms with E-state index in [1.165, 1.54) is 23.2 Å². The molecule has 2 heterocycles. The van der Waals surface area contributed by atoms with Crippen molar-refractivity contribution >= 4 is 28.7 Å². The molecule has 0 saturated carbocycles. The maximum absolute atomic E-state index is 13.9. The number of rotatable bonds is 6. The molecule has 0 radical (unpaired) electrons. The summed E-state index contributed by atoms with van der Waals surface area (Å²) < 4.78 is 14.8. The first-order valence-corrected chi connectivity index (χ1v) is 10.4. The fraction of sp³-hybridized carbons (Fsp3) is 0.143. The number of aromatic amines is 1. The Kier molecular flexibility index (Phi) is 5.62. The van der Waals surface area contributed by atoms with E-state index < -0.39 is 17.1 Å². The predicted molar refractivity (Wildman–Crippen MR) is 115 cm³/mol. The SMILES string of the molecule is CSc1ccc(CNc2ncc3c(=O)n(Cc4ccccc4F)c(=O)[nH]c3n2)cc1. The summed E-state index contributed by atoms with van der Waals surface area (Å²) in [4.78, 5) is 37.3. The highest BCUT2D eigenvalue weighted by atomic mass is 32.2. The summed E-state index contributed by atoms with van der Waals surface area (Å²) in [6.07, 6.45) is 3.37. The number of fused-ring (bicyclic) bond motifs is 1. The van der Waals surface area contributed by atoms with Gasteiger partial charge in [0.15, 0.2) is 5.65 Å². The van der Waals surface area contributed by atoms with E-state index in [1.807, 2.05) is 30.5 Å². The van der Waals surface area contributed by atoms with Gasteiger partial charge < -0.3 is 5.32 Å². The smallest absolute Gasteiger partial charge is 0.330 e. The summed E-state index contributed by atoms with van der Waals surface area (Å²) >= 11 is 1.67. The number of nitrogens with one attached hydrogen (secondary N) is 2. The third kappa shape index (κ3) is 4.11. The average molecular weight is 423 g/mol. The maximum atomic E-state index is 13.9. The second-order valence-corrected chi connectivity index (χ2v) is 7.45. The third-order valence-electron chi connectivity index (χ3n) is 4.63. The van der Waals surface area contributed by atoms with Crippen LogP contribution in [0.1, 0.15) is 11.1 Å². The molecule has 7 nitrogen and oxygen atoms in total. The fourth-order valence-electron chi connectivity index (χ4n) is 2.99. The van der Waals surface area contributed by atoms with Crippen LogP contribution in [-0.4, -0.2) is 25.8 Å². The molecular weight excluding hydrogens is 405 g/mol. The summed E-state index contributed by atoms with van der Waals surface area (Å²) in [5.74, 6) is -0.191. The van der Waals surface area contributed by atoms with Crippen LogP contribution in [-0.2, 0) is 13.1 Å². The van der Waals surface area contributed by atoms with Crippen molar-refractivity contribution < 1.29 is 4.39 Å². The van der Waals surface area contributed by atoms with Gasteiger partial charge in [0, 0.05) is 23.2 Å². The number of anilines is 1. The normalized spacial score (nSPS) is 11.0. The highest BCUT2D eigenvalue weighted by molar-refractivity contribution is 7.98. The number of hydrogen-bond donors (Lipinski definition) is 2. The molecule has 0 bridgehead atoms. The van der Waals surface area contributed by atoms with Crippen LogP contribution in [0.5, 0.6) is 0 Å². The highest BCUT2D eigenvalue weighted by Gasteiger charge is 2.12. The van der Waals surface area contributed by atoms with Crippen LogP contribution in [0.15, 0.2) is 69.2 Å². The van der Waals surface area contributed by atoms with Gasteiger partial charge in [0.2, 0.25) is 5.95 Å². The number of hydrogen-bond acceptors (Lipinski definition) is 6. The van der Waals surface area contributed by atoms with E-state index in [2.05, 4.69) is 20.3 Å². The van der Waals surface area contributed by atoms with Crippen molar-refractivity contribution in [3.8, 4) is 0 Å². The first-order valence-electron chi connectivity index (χ1n) is 9.15. The predicted octanol–water partition coefficient (Wildman–Crippen LogP) is 3.00. The van der Waals surface area contributed by atoms with Crippen LogP contribution in [0.25, 0.3) is 11.0 Å². The molecule has 152 valence electrons. The van der Waals surface area contributed by atoms with E-state index >= 15 is 0 Å². The first-order chi connectivity index (χ1) is 14.5. The quantitative estimate of drug-likeness (QED) is 0.463. The van der Waals surface area contributed by atoms with Crippen LogP contribution in [0.2, 0.25) is 0 Å². The number of H-pyrrole nitrogens is 1. The zero-order valence-corrected chi connectivity index (χ0v) is 16.9. The minimum atomic E-state index is -0.659. The number of benzene rings is 2. The lowest BCUT2D eigenvalue weighted by Crippen LogP contribution is -2.36. The van der Waals surface area contributed by atoms with Crippen LogP contribution in [0, 0.1) is 5.82 Å². The van der Waals surface area contributed by atoms with Gasteiger partial charge in [0.05, 0.1) is 6.54 Å². The first kappa shape index (κ1) is 19.8. The Morgan fingerprint density at radius 1 is 1.13 bits per heavy atom. The fourth-order valence-corrected chi connectivity index (χ4v) is 3.40. The Hall–Kier alpha value is -3.46. The van der Waals surface area contributed by atoms with Gasteiger partial charge in [-0.1, -0.05) is 30.3 Å². The van der Waals surface area contributed by atoms with E-state index in [-0.39, 0.29) is 23.1 Å². The monoisotopic (exact) mass is 423 g/mol. The average Bonchev–Trinajstić information content (AvgIpc) is 2.76. The largest absolute Gasteiger partial charge is 0.350 e. The summed E-state index contributed by atoms with van der Waals surface area (Å²) in [5.41, 5.74) is 0.190. The van der Waals surface area contributed by atoms with E-state index in [4.69, 9.17) is 0 Å². The second kappa shape index (κ2) is 8.50. The molecule has 9 heteroatoms. The van der Waals surface area contributed by atoms with Crippen molar-refractivity contribution in [2.24, 2.45) is 0 Å². The minimum absolute atomic E-state index is 0.130. The second-order valence-electron chi connectivity index (χ2n) is 6.57. The summed E-state index contributed by atoms with van der Waals surface area (Å²) in [5, 5.41) is 3.24. The van der Waals surface area contributed by atoms with E-state index in [0.29, 0.717) is 12.5 Å². The maximum Gasteiger partial charge on any atom is 0.330 e. The van der Waals surface area contributed by atoms with E-state index in [0.717, 1.165) is 10.1 Å². The van der Waals surface area contributed by atoms with Gasteiger partial charge in [-0.15, -0.1) is 11.8 Å². The summed E-state index contributed by atoms with van der Waals surface area (Å²) in [7, 11) is 0. The lowest BCUT2D eigenvalue weighted by atomic mass is 10.2. The molecule has 4 rings (SSSR count). The molecule has 4 aromatic rings. The molecule has 0 saturated heterocycles. The Morgan fingerprint density at radius 3 is 2.63 bits per heavy atom. The molecule has 0 amide bonds. The van der Waals surface area contributed by atoms with Gasteiger partial charge in [-0.3, -0.25) is 14.3 Å². The molecule has 0 spiro atoms. The van der Waals surface area contributed by atoms with Crippen LogP contribution in [0.4, 0.5) is 10.3 Å². The van der Waals surface area contributed by atoms with Gasteiger partial charge in [0.1, 0.15) is 11.2 Å². The number of aromatic nitrogens is 4. The summed E-state index contributed by atoms with van der Waals surface area (Å²) in [6, 6.07) is 14.1. The van der Waals surface area contributed by atoms with Crippen molar-refractivity contribution in [2.75, 3.05) is 11.6 Å². The van der Waals surface area contributed by atoms with Crippen LogP contribution in [0.3, 0.4) is 0 Å². The molecule has 0 fully saturated rings. The molecular formula is C21H18FN5O2S. The van der Waals surface area contributed by atoms with Gasteiger partial charge in [0.25, 0.3) is 5.56 Å². The topological polar surface area (TPSA) is 92.7 Å². The highest BCUT2D eigenvalue weighted by Crippen LogP contribution is 2.15. The zero-order chi connectivity index (χ0) is 21.1. The van der Waals surface area contributed by atoms with Crippen LogP contribution < -0.4 is 16.6 Å². The molecule has 2 N–H and O–H groups in total. The lowest BCUT2D eigenvalue weighted by molar-refractivity contribution is 0.590. The lowest BCUT2D eigenvalue weighted by Gasteiger charge is -2.09. The Bertz CT molecular complexity index is 1320. The Balaban J connectivity index is 1.60. The number of nitrogens with zero attached hydrogens (tertiary/aromatic N) is 3. The number of halogens is 1. The Morgan fingerprint density at radius 2 is 1.90 bits per heavy atom. The minimum Gasteiger partial charge on any atom is -0.350 e. The summed E-state index contributed by atoms with van der Waals surface area (Å²) in [6.45, 7) is 0.317. The van der Waals surface area contributed by atoms with Gasteiger partial charge in [-0.2, -0.15) is 4.98 Å². The van der Waals surface area contributed by atoms with Crippen molar-refractivity contribution in [1.82, 2.24) is 19.5 Å². The van der Waals surface area contributed by atoms with Gasteiger partial charge in [-0.05, 0) is 30.0 Å². The molecule has 30 heavy (non-hydrogen) atoms. The Labute approximate surface area is 175 Å². The van der Waals surface area contributed by atoms with Crippen LogP contribution >= 0.6 is 11.8 Å². The van der Waals surface area contributed by atoms with Crippen molar-refractivity contribution in [1.29, 1.82) is 0 Å². The molecule has 2 aromatic carbocycles. The van der Waals surface area contributed by atoms with Gasteiger partial charge in [-0.25, -0.2) is 14.2 Å². The zero-order valence-electron chi connectivity index (χ0n) is 16.1.